The second kappa shape index (κ2) is 10.8. The van der Waals surface area contributed by atoms with E-state index in [1.807, 2.05) is 26.0 Å². The third-order valence-electron chi connectivity index (χ3n) is 4.79. The third kappa shape index (κ3) is 6.81. The van der Waals surface area contributed by atoms with Gasteiger partial charge in [-0.3, -0.25) is 4.79 Å². The van der Waals surface area contributed by atoms with Gasteiger partial charge in [-0.15, -0.1) is 10.2 Å². The van der Waals surface area contributed by atoms with Crippen LogP contribution in [-0.4, -0.2) is 63.8 Å². The first kappa shape index (κ1) is 23.3. The van der Waals surface area contributed by atoms with E-state index < -0.39 is 5.97 Å². The fraction of sp³-hybridized carbons (Fsp3) is 0.476. The molecule has 1 unspecified atom stereocenters. The molecule has 10 heteroatoms. The summed E-state index contributed by atoms with van der Waals surface area (Å²) in [7, 11) is 0. The number of hydrogen-bond acceptors (Lipinski definition) is 8. The quantitative estimate of drug-likeness (QED) is 0.527. The molecule has 8 nitrogen and oxygen atoms in total. The smallest absolute Gasteiger partial charge is 0.303 e. The molecule has 1 aliphatic rings. The molecule has 0 amide bonds. The fourth-order valence-corrected chi connectivity index (χ4v) is 4.18. The molecule has 1 aliphatic heterocycles. The van der Waals surface area contributed by atoms with E-state index in [9.17, 15) is 4.79 Å². The molecule has 1 saturated heterocycles. The Bertz CT molecular complexity index is 962. The molecule has 2 heterocycles. The third-order valence-corrected chi connectivity index (χ3v) is 5.96. The summed E-state index contributed by atoms with van der Waals surface area (Å²) >= 11 is 7.67. The number of aliphatic imine (C=N–C) groups is 1. The average molecular weight is 464 g/mol. The number of aliphatic carboxylic acids is 1. The van der Waals surface area contributed by atoms with Crippen LogP contribution in [0.15, 0.2) is 23.2 Å². The van der Waals surface area contributed by atoms with E-state index in [1.54, 1.807) is 12.3 Å². The monoisotopic (exact) mass is 463 g/mol. The molecule has 31 heavy (non-hydrogen) atoms. The van der Waals surface area contributed by atoms with Gasteiger partial charge in [-0.25, -0.2) is 4.99 Å². The van der Waals surface area contributed by atoms with E-state index in [2.05, 4.69) is 20.1 Å². The molecule has 1 aromatic carbocycles. The van der Waals surface area contributed by atoms with Crippen molar-refractivity contribution < 1.29 is 14.6 Å². The van der Waals surface area contributed by atoms with Crippen LogP contribution in [0.3, 0.4) is 0 Å². The predicted molar refractivity (Wildman–Crippen MR) is 123 cm³/mol. The normalized spacial score (nSPS) is 17.5. The minimum Gasteiger partial charge on any atom is -0.489 e. The Morgan fingerprint density at radius 1 is 1.48 bits per heavy atom. The number of carboxylic acid groups (broad SMARTS) is 1. The Kier molecular flexibility index (Phi) is 8.11. The molecule has 1 fully saturated rings. The highest BCUT2D eigenvalue weighted by atomic mass is 35.5. The van der Waals surface area contributed by atoms with Crippen molar-refractivity contribution in [3.8, 4) is 16.3 Å². The van der Waals surface area contributed by atoms with Gasteiger partial charge in [-0.1, -0.05) is 22.9 Å². The molecule has 3 rings (SSSR count). The summed E-state index contributed by atoms with van der Waals surface area (Å²) in [4.78, 5) is 17.3. The van der Waals surface area contributed by atoms with Crippen molar-refractivity contribution in [2.75, 3.05) is 19.6 Å². The Labute approximate surface area is 190 Å². The van der Waals surface area contributed by atoms with Crippen molar-refractivity contribution >= 4 is 46.0 Å². The van der Waals surface area contributed by atoms with Gasteiger partial charge in [0.1, 0.15) is 10.8 Å². The van der Waals surface area contributed by atoms with Gasteiger partial charge in [-0.05, 0) is 51.4 Å². The Morgan fingerprint density at radius 2 is 2.29 bits per heavy atom. The largest absolute Gasteiger partial charge is 0.489 e. The van der Waals surface area contributed by atoms with Gasteiger partial charge < -0.3 is 20.2 Å². The average Bonchev–Trinajstić information content (AvgIpc) is 3.18. The lowest BCUT2D eigenvalue weighted by Gasteiger charge is -2.31. The van der Waals surface area contributed by atoms with Gasteiger partial charge in [0, 0.05) is 42.9 Å². The topological polar surface area (TPSA) is 112 Å². The molecule has 0 bridgehead atoms. The van der Waals surface area contributed by atoms with Gasteiger partial charge >= 0.3 is 5.97 Å². The van der Waals surface area contributed by atoms with E-state index in [-0.39, 0.29) is 18.4 Å². The number of nitrogens with zero attached hydrogens (tertiary/aromatic N) is 4. The number of halogens is 1. The lowest BCUT2D eigenvalue weighted by molar-refractivity contribution is -0.137. The summed E-state index contributed by atoms with van der Waals surface area (Å²) in [5.74, 6) is -0.252. The van der Waals surface area contributed by atoms with E-state index in [0.717, 1.165) is 12.1 Å². The Balaban J connectivity index is 1.62. The van der Waals surface area contributed by atoms with Crippen LogP contribution in [0.2, 0.25) is 5.02 Å². The van der Waals surface area contributed by atoms with Crippen LogP contribution < -0.4 is 4.74 Å². The van der Waals surface area contributed by atoms with Crippen LogP contribution in [0.5, 0.6) is 5.75 Å². The van der Waals surface area contributed by atoms with Crippen molar-refractivity contribution in [2.24, 2.45) is 10.9 Å². The zero-order valence-electron chi connectivity index (χ0n) is 17.5. The Hall–Kier alpha value is -2.36. The molecule has 0 spiro atoms. The highest BCUT2D eigenvalue weighted by Crippen LogP contribution is 2.34. The van der Waals surface area contributed by atoms with Gasteiger partial charge in [0.15, 0.2) is 0 Å². The second-order valence-electron chi connectivity index (χ2n) is 7.66. The minimum atomic E-state index is -0.779. The summed E-state index contributed by atoms with van der Waals surface area (Å²) in [5.41, 5.74) is 1.48. The Morgan fingerprint density at radius 3 is 3.00 bits per heavy atom. The van der Waals surface area contributed by atoms with Crippen LogP contribution in [0.4, 0.5) is 5.13 Å². The number of piperidine rings is 1. The van der Waals surface area contributed by atoms with E-state index in [1.165, 1.54) is 11.3 Å². The highest BCUT2D eigenvalue weighted by molar-refractivity contribution is 7.18. The molecule has 1 aromatic heterocycles. The first-order valence-corrected chi connectivity index (χ1v) is 11.4. The van der Waals surface area contributed by atoms with Gasteiger partial charge in [-0.2, -0.15) is 0 Å². The molecular weight excluding hydrogens is 438 g/mol. The van der Waals surface area contributed by atoms with Crippen molar-refractivity contribution in [1.82, 2.24) is 15.1 Å². The molecule has 0 saturated carbocycles. The zero-order valence-corrected chi connectivity index (χ0v) is 19.1. The van der Waals surface area contributed by atoms with Crippen LogP contribution >= 0.6 is 22.9 Å². The highest BCUT2D eigenvalue weighted by Gasteiger charge is 2.23. The summed E-state index contributed by atoms with van der Waals surface area (Å²) in [6.45, 7) is 6.05. The van der Waals surface area contributed by atoms with Crippen molar-refractivity contribution in [3.63, 3.8) is 0 Å². The molecule has 166 valence electrons. The number of rotatable bonds is 9. The minimum absolute atomic E-state index is 0.0393. The summed E-state index contributed by atoms with van der Waals surface area (Å²) in [6.07, 6.45) is 3.22. The van der Waals surface area contributed by atoms with E-state index in [4.69, 9.17) is 26.9 Å². The number of carboxylic acids is 1. The maximum Gasteiger partial charge on any atom is 0.303 e. The molecule has 2 N–H and O–H groups in total. The lowest BCUT2D eigenvalue weighted by atomic mass is 9.96. The number of likely N-dealkylation sites (tertiary alicyclic amines) is 1. The molecule has 2 aromatic rings. The summed E-state index contributed by atoms with van der Waals surface area (Å²) in [6, 6.07) is 5.52. The first-order valence-electron chi connectivity index (χ1n) is 10.2. The number of benzene rings is 1. The van der Waals surface area contributed by atoms with Crippen LogP contribution in [-0.2, 0) is 4.79 Å². The number of carbonyl (C=O) groups is 1. The van der Waals surface area contributed by atoms with Crippen LogP contribution in [0.25, 0.3) is 10.6 Å². The maximum atomic E-state index is 10.7. The number of hydrogen-bond donors (Lipinski definition) is 2. The maximum absolute atomic E-state index is 10.7. The standard InChI is InChI=1S/C21H26ClN5O3S/c1-13(2)30-18-6-5-14(10-16(18)22)20-25-26-21(31-20)24-11-15-12-27(9-7-17(15)23)8-3-4-19(28)29/h5-6,10-11,13,15,23H,3-4,7-9,12H2,1-2H3,(H,28,29). The predicted octanol–water partition coefficient (Wildman–Crippen LogP) is 4.55. The number of ether oxygens (including phenoxy) is 1. The number of nitrogens with one attached hydrogen (secondary N) is 1. The fourth-order valence-electron chi connectivity index (χ4n) is 3.26. The van der Waals surface area contributed by atoms with Crippen molar-refractivity contribution in [1.29, 1.82) is 5.41 Å². The van der Waals surface area contributed by atoms with Gasteiger partial charge in [0.05, 0.1) is 11.1 Å². The van der Waals surface area contributed by atoms with Crippen molar-refractivity contribution in [2.45, 2.75) is 39.2 Å². The SMILES string of the molecule is CC(C)Oc1ccc(-c2nnc(N=CC3CN(CCCC(=O)O)CCC3=N)s2)cc1Cl. The molecule has 0 aliphatic carbocycles. The van der Waals surface area contributed by atoms with Gasteiger partial charge in [0.2, 0.25) is 5.13 Å². The van der Waals surface area contributed by atoms with E-state index in [0.29, 0.717) is 52.6 Å². The molecule has 0 radical (unpaired) electrons. The zero-order chi connectivity index (χ0) is 22.4. The molecule has 1 atom stereocenters. The van der Waals surface area contributed by atoms with E-state index >= 15 is 0 Å². The summed E-state index contributed by atoms with van der Waals surface area (Å²) < 4.78 is 5.66. The van der Waals surface area contributed by atoms with Crippen LogP contribution in [0.1, 0.15) is 33.1 Å². The number of aromatic nitrogens is 2. The second-order valence-corrected chi connectivity index (χ2v) is 9.02. The van der Waals surface area contributed by atoms with Crippen molar-refractivity contribution in [3.05, 3.63) is 23.2 Å². The van der Waals surface area contributed by atoms with Gasteiger partial charge in [0.25, 0.3) is 0 Å². The first-order chi connectivity index (χ1) is 14.8. The lowest BCUT2D eigenvalue weighted by Crippen LogP contribution is -2.41. The van der Waals surface area contributed by atoms with Crippen LogP contribution in [0, 0.1) is 11.3 Å². The molecular formula is C21H26ClN5O3S. The summed E-state index contributed by atoms with van der Waals surface area (Å²) in [5, 5.41) is 27.1.